The topological polar surface area (TPSA) is 72.8 Å². The van der Waals surface area contributed by atoms with Crippen molar-refractivity contribution in [1.82, 2.24) is 4.90 Å². The summed E-state index contributed by atoms with van der Waals surface area (Å²) in [5, 5.41) is 12.2. The number of carbonyl (C=O) groups is 2. The van der Waals surface area contributed by atoms with Gasteiger partial charge in [0.1, 0.15) is 0 Å². The zero-order valence-electron chi connectivity index (χ0n) is 13.4. The van der Waals surface area contributed by atoms with Crippen molar-refractivity contribution in [2.75, 3.05) is 7.05 Å². The third-order valence-electron chi connectivity index (χ3n) is 3.57. The standard InChI is InChI=1S/C18H12Cl2N2O3S/c1-22-16(23)15(8-10-2-4-11(19)5-3-10)26-18(22)21-12-6-7-14(20)13(9-12)17(24)25/h2-9H,1H3,(H,24,25)/p-1/b15-8-,21-18?. The van der Waals surface area contributed by atoms with E-state index in [0.717, 1.165) is 5.56 Å². The van der Waals surface area contributed by atoms with E-state index in [0.29, 0.717) is 20.8 Å². The lowest BCUT2D eigenvalue weighted by molar-refractivity contribution is -0.255. The number of aromatic carboxylic acids is 1. The first-order valence-electron chi connectivity index (χ1n) is 7.38. The van der Waals surface area contributed by atoms with Crippen LogP contribution in [-0.4, -0.2) is 29.0 Å². The highest BCUT2D eigenvalue weighted by atomic mass is 35.5. The minimum Gasteiger partial charge on any atom is -0.545 e. The van der Waals surface area contributed by atoms with Crippen LogP contribution in [0.1, 0.15) is 15.9 Å². The molecule has 1 amide bonds. The number of benzene rings is 2. The van der Waals surface area contributed by atoms with E-state index < -0.39 is 5.97 Å². The lowest BCUT2D eigenvalue weighted by atomic mass is 10.2. The van der Waals surface area contributed by atoms with E-state index in [4.69, 9.17) is 23.2 Å². The number of hydrogen-bond acceptors (Lipinski definition) is 5. The highest BCUT2D eigenvalue weighted by molar-refractivity contribution is 8.18. The van der Waals surface area contributed by atoms with Gasteiger partial charge in [-0.3, -0.25) is 9.69 Å². The molecule has 1 aliphatic heterocycles. The van der Waals surface area contributed by atoms with Crippen LogP contribution >= 0.6 is 35.0 Å². The average molecular weight is 406 g/mol. The van der Waals surface area contributed by atoms with Gasteiger partial charge in [-0.25, -0.2) is 4.99 Å². The summed E-state index contributed by atoms with van der Waals surface area (Å²) in [4.78, 5) is 29.7. The summed E-state index contributed by atoms with van der Waals surface area (Å²) in [6, 6.07) is 11.4. The number of carbonyl (C=O) groups excluding carboxylic acids is 2. The first-order valence-corrected chi connectivity index (χ1v) is 8.95. The van der Waals surface area contributed by atoms with Crippen molar-refractivity contribution >= 4 is 63.8 Å². The van der Waals surface area contributed by atoms with Crippen LogP contribution in [0.25, 0.3) is 6.08 Å². The Bertz CT molecular complexity index is 955. The smallest absolute Gasteiger partial charge is 0.266 e. The first kappa shape index (κ1) is 18.5. The quantitative estimate of drug-likeness (QED) is 0.731. The van der Waals surface area contributed by atoms with Gasteiger partial charge in [0.25, 0.3) is 5.91 Å². The fourth-order valence-corrected chi connectivity index (χ4v) is 3.52. The van der Waals surface area contributed by atoms with Crippen molar-refractivity contribution in [3.63, 3.8) is 0 Å². The van der Waals surface area contributed by atoms with Crippen molar-refractivity contribution < 1.29 is 14.7 Å². The summed E-state index contributed by atoms with van der Waals surface area (Å²) in [6.45, 7) is 0. The van der Waals surface area contributed by atoms with Gasteiger partial charge in [0.2, 0.25) is 0 Å². The third kappa shape index (κ3) is 3.93. The average Bonchev–Trinajstić information content (AvgIpc) is 2.86. The Kier molecular flexibility index (Phi) is 5.36. The molecule has 0 bridgehead atoms. The zero-order valence-corrected chi connectivity index (χ0v) is 15.7. The largest absolute Gasteiger partial charge is 0.545 e. The number of amides is 1. The maximum absolute atomic E-state index is 12.4. The first-order chi connectivity index (χ1) is 12.3. The van der Waals surface area contributed by atoms with E-state index in [1.54, 1.807) is 31.3 Å². The SMILES string of the molecule is CN1C(=O)/C(=C/c2ccc(Cl)cc2)SC1=Nc1ccc(Cl)c(C(=O)[O-])c1. The maximum atomic E-state index is 12.4. The van der Waals surface area contributed by atoms with Crippen LogP contribution in [-0.2, 0) is 4.79 Å². The Morgan fingerprint density at radius 2 is 1.88 bits per heavy atom. The summed E-state index contributed by atoms with van der Waals surface area (Å²) < 4.78 is 0. The van der Waals surface area contributed by atoms with Crippen LogP contribution in [0.3, 0.4) is 0 Å². The van der Waals surface area contributed by atoms with Crippen LogP contribution in [0.4, 0.5) is 5.69 Å². The molecule has 5 nitrogen and oxygen atoms in total. The fourth-order valence-electron chi connectivity index (χ4n) is 2.21. The molecule has 2 aromatic carbocycles. The van der Waals surface area contributed by atoms with E-state index in [2.05, 4.69) is 4.99 Å². The number of hydrogen-bond donors (Lipinski definition) is 0. The lowest BCUT2D eigenvalue weighted by Crippen LogP contribution is -2.24. The highest BCUT2D eigenvalue weighted by Gasteiger charge is 2.30. The molecule has 0 N–H and O–H groups in total. The van der Waals surface area contributed by atoms with Crippen LogP contribution in [0, 0.1) is 0 Å². The minimum atomic E-state index is -1.39. The molecule has 0 saturated carbocycles. The predicted molar refractivity (Wildman–Crippen MR) is 103 cm³/mol. The molecule has 1 aliphatic rings. The number of nitrogens with zero attached hydrogens (tertiary/aromatic N) is 2. The molecule has 3 rings (SSSR count). The number of thioether (sulfide) groups is 1. The second-order valence-corrected chi connectivity index (χ2v) is 7.23. The van der Waals surface area contributed by atoms with E-state index in [1.807, 2.05) is 12.1 Å². The van der Waals surface area contributed by atoms with Crippen LogP contribution in [0.15, 0.2) is 52.4 Å². The number of carboxylic acid groups (broad SMARTS) is 1. The maximum Gasteiger partial charge on any atom is 0.266 e. The van der Waals surface area contributed by atoms with Crippen molar-refractivity contribution in [3.05, 3.63) is 68.5 Å². The molecule has 8 heteroatoms. The van der Waals surface area contributed by atoms with Gasteiger partial charge >= 0.3 is 0 Å². The van der Waals surface area contributed by atoms with Gasteiger partial charge in [-0.15, -0.1) is 0 Å². The van der Waals surface area contributed by atoms with Gasteiger partial charge in [-0.05, 0) is 53.7 Å². The molecule has 0 aliphatic carbocycles. The molecule has 1 heterocycles. The molecular formula is C18H11Cl2N2O3S-. The highest BCUT2D eigenvalue weighted by Crippen LogP contribution is 2.33. The monoisotopic (exact) mass is 405 g/mol. The Labute approximate surface area is 163 Å². The van der Waals surface area contributed by atoms with Gasteiger partial charge in [0, 0.05) is 22.7 Å². The molecule has 1 fully saturated rings. The second-order valence-electron chi connectivity index (χ2n) is 5.37. The van der Waals surface area contributed by atoms with Crippen molar-refractivity contribution in [3.8, 4) is 0 Å². The van der Waals surface area contributed by atoms with Crippen molar-refractivity contribution in [2.24, 2.45) is 4.99 Å². The molecule has 0 aromatic heterocycles. The number of carboxylic acids is 1. The summed E-state index contributed by atoms with van der Waals surface area (Å²) >= 11 is 12.9. The van der Waals surface area contributed by atoms with Crippen LogP contribution < -0.4 is 5.11 Å². The Hall–Kier alpha value is -2.28. The van der Waals surface area contributed by atoms with Gasteiger partial charge in [0.15, 0.2) is 5.17 Å². The van der Waals surface area contributed by atoms with Crippen LogP contribution in [0.5, 0.6) is 0 Å². The Balaban J connectivity index is 1.91. The van der Waals surface area contributed by atoms with Crippen molar-refractivity contribution in [2.45, 2.75) is 0 Å². The molecule has 0 radical (unpaired) electrons. The number of halogens is 2. The van der Waals surface area contributed by atoms with Crippen molar-refractivity contribution in [1.29, 1.82) is 0 Å². The summed E-state index contributed by atoms with van der Waals surface area (Å²) in [7, 11) is 1.60. The normalized spacial score (nSPS) is 17.3. The van der Waals surface area contributed by atoms with E-state index in [9.17, 15) is 14.7 Å². The van der Waals surface area contributed by atoms with Gasteiger partial charge in [-0.2, -0.15) is 0 Å². The molecule has 0 atom stereocenters. The molecule has 0 unspecified atom stereocenters. The van der Waals surface area contributed by atoms with E-state index >= 15 is 0 Å². The molecular weight excluding hydrogens is 395 g/mol. The molecule has 132 valence electrons. The minimum absolute atomic E-state index is 0.0702. The molecule has 0 spiro atoms. The Morgan fingerprint density at radius 3 is 2.54 bits per heavy atom. The lowest BCUT2D eigenvalue weighted by Gasteiger charge is -2.09. The number of amidine groups is 1. The predicted octanol–water partition coefficient (Wildman–Crippen LogP) is 3.59. The summed E-state index contributed by atoms with van der Waals surface area (Å²) in [5.41, 5.74) is 1.05. The zero-order chi connectivity index (χ0) is 18.8. The fraction of sp³-hybridized carbons (Fsp3) is 0.0556. The summed E-state index contributed by atoms with van der Waals surface area (Å²) in [6.07, 6.45) is 1.75. The summed E-state index contributed by atoms with van der Waals surface area (Å²) in [5.74, 6) is -1.58. The van der Waals surface area contributed by atoms with Gasteiger partial charge in [-0.1, -0.05) is 35.3 Å². The third-order valence-corrected chi connectivity index (χ3v) is 5.21. The number of aliphatic imine (C=N–C) groups is 1. The van der Waals surface area contributed by atoms with E-state index in [-0.39, 0.29) is 16.5 Å². The van der Waals surface area contributed by atoms with E-state index in [1.165, 1.54) is 28.8 Å². The van der Waals surface area contributed by atoms with Gasteiger partial charge in [0.05, 0.1) is 16.6 Å². The molecule has 26 heavy (non-hydrogen) atoms. The van der Waals surface area contributed by atoms with Gasteiger partial charge < -0.3 is 9.90 Å². The molecule has 2 aromatic rings. The molecule has 1 saturated heterocycles. The second kappa shape index (κ2) is 7.53. The Morgan fingerprint density at radius 1 is 1.19 bits per heavy atom. The number of likely N-dealkylation sites (N-methyl/N-ethyl adjacent to an activating group) is 1. The number of rotatable bonds is 3. The van der Waals surface area contributed by atoms with Crippen LogP contribution in [0.2, 0.25) is 10.0 Å².